The van der Waals surface area contributed by atoms with Crippen LogP contribution in [0.5, 0.6) is 0 Å². The van der Waals surface area contributed by atoms with Crippen molar-refractivity contribution in [3.63, 3.8) is 0 Å². The zero-order valence-electron chi connectivity index (χ0n) is 11.1. The number of aliphatic hydroxyl groups excluding tert-OH is 1. The van der Waals surface area contributed by atoms with Crippen molar-refractivity contribution in [1.82, 2.24) is 0 Å². The Morgan fingerprint density at radius 1 is 1.30 bits per heavy atom. The summed E-state index contributed by atoms with van der Waals surface area (Å²) in [5.41, 5.74) is 0.133. The molecule has 0 amide bonds. The maximum absolute atomic E-state index is 12.6. The molecule has 0 radical (unpaired) electrons. The molecule has 1 aliphatic rings. The Labute approximate surface area is 124 Å². The van der Waals surface area contributed by atoms with Crippen LogP contribution in [-0.4, -0.2) is 24.3 Å². The third kappa shape index (κ3) is 3.47. The SMILES string of the molecule is CC(O)C1CCN(c2ccc(C(F)(F)F)cc2Br)CC1. The predicted molar refractivity (Wildman–Crippen MR) is 75.8 cm³/mol. The summed E-state index contributed by atoms with van der Waals surface area (Å²) in [6, 6.07) is 3.74. The van der Waals surface area contributed by atoms with Crippen LogP contribution in [0.25, 0.3) is 0 Å². The third-order valence-electron chi connectivity index (χ3n) is 3.84. The Balaban J connectivity index is 2.11. The van der Waals surface area contributed by atoms with Crippen molar-refractivity contribution in [2.24, 2.45) is 5.92 Å². The number of rotatable bonds is 2. The van der Waals surface area contributed by atoms with Crippen molar-refractivity contribution >= 4 is 21.6 Å². The molecule has 1 unspecified atom stereocenters. The Kier molecular flexibility index (Phi) is 4.64. The number of piperidine rings is 1. The number of alkyl halides is 3. The van der Waals surface area contributed by atoms with Gasteiger partial charge in [-0.3, -0.25) is 0 Å². The minimum absolute atomic E-state index is 0.277. The van der Waals surface area contributed by atoms with E-state index in [0.717, 1.165) is 43.8 Å². The van der Waals surface area contributed by atoms with Gasteiger partial charge in [-0.1, -0.05) is 0 Å². The lowest BCUT2D eigenvalue weighted by Crippen LogP contribution is -2.37. The van der Waals surface area contributed by atoms with E-state index in [1.165, 1.54) is 6.07 Å². The highest BCUT2D eigenvalue weighted by molar-refractivity contribution is 9.10. The van der Waals surface area contributed by atoms with Gasteiger partial charge in [0.1, 0.15) is 0 Å². The molecule has 20 heavy (non-hydrogen) atoms. The van der Waals surface area contributed by atoms with Gasteiger partial charge >= 0.3 is 6.18 Å². The topological polar surface area (TPSA) is 23.5 Å². The summed E-state index contributed by atoms with van der Waals surface area (Å²) in [6.07, 6.45) is -2.94. The lowest BCUT2D eigenvalue weighted by Gasteiger charge is -2.35. The number of hydrogen-bond donors (Lipinski definition) is 1. The van der Waals surface area contributed by atoms with Crippen molar-refractivity contribution in [2.45, 2.75) is 32.0 Å². The van der Waals surface area contributed by atoms with Gasteiger partial charge in [0.25, 0.3) is 0 Å². The normalized spacial score (nSPS) is 19.2. The van der Waals surface area contributed by atoms with Crippen LogP contribution in [0, 0.1) is 5.92 Å². The Bertz CT molecular complexity index is 468. The molecule has 0 saturated carbocycles. The van der Waals surface area contributed by atoms with Crippen molar-refractivity contribution in [2.75, 3.05) is 18.0 Å². The second-order valence-electron chi connectivity index (χ2n) is 5.23. The molecule has 6 heteroatoms. The Hall–Kier alpha value is -0.750. The first-order valence-corrected chi connectivity index (χ1v) is 7.38. The van der Waals surface area contributed by atoms with Crippen molar-refractivity contribution in [3.8, 4) is 0 Å². The fourth-order valence-electron chi connectivity index (χ4n) is 2.56. The maximum atomic E-state index is 12.6. The molecule has 1 heterocycles. The Morgan fingerprint density at radius 3 is 2.35 bits per heavy atom. The molecule has 1 aliphatic heterocycles. The van der Waals surface area contributed by atoms with Gasteiger partial charge in [-0.2, -0.15) is 13.2 Å². The predicted octanol–water partition coefficient (Wildman–Crippen LogP) is 4.07. The molecular weight excluding hydrogens is 335 g/mol. The molecule has 2 rings (SSSR count). The van der Waals surface area contributed by atoms with E-state index < -0.39 is 11.7 Å². The van der Waals surface area contributed by atoms with Crippen LogP contribution in [0.1, 0.15) is 25.3 Å². The van der Waals surface area contributed by atoms with Gasteiger partial charge in [-0.05, 0) is 59.8 Å². The van der Waals surface area contributed by atoms with E-state index in [-0.39, 0.29) is 12.0 Å². The highest BCUT2D eigenvalue weighted by Gasteiger charge is 2.31. The van der Waals surface area contributed by atoms with Crippen LogP contribution in [0.15, 0.2) is 22.7 Å². The minimum Gasteiger partial charge on any atom is -0.393 e. The van der Waals surface area contributed by atoms with Gasteiger partial charge in [0.05, 0.1) is 17.4 Å². The summed E-state index contributed by atoms with van der Waals surface area (Å²) in [7, 11) is 0. The second-order valence-corrected chi connectivity index (χ2v) is 6.08. The van der Waals surface area contributed by atoms with Gasteiger partial charge in [0, 0.05) is 17.6 Å². The fourth-order valence-corrected chi connectivity index (χ4v) is 3.19. The van der Waals surface area contributed by atoms with E-state index in [2.05, 4.69) is 20.8 Å². The van der Waals surface area contributed by atoms with Gasteiger partial charge in [0.15, 0.2) is 0 Å². The standard InChI is InChI=1S/C14H17BrF3NO/c1-9(20)10-4-6-19(7-5-10)13-3-2-11(8-12(13)15)14(16,17)18/h2-3,8-10,20H,4-7H2,1H3. The van der Waals surface area contributed by atoms with Crippen molar-refractivity contribution in [1.29, 1.82) is 0 Å². The lowest BCUT2D eigenvalue weighted by atomic mass is 9.92. The second kappa shape index (κ2) is 5.93. The van der Waals surface area contributed by atoms with Crippen LogP contribution in [0.3, 0.4) is 0 Å². The summed E-state index contributed by atoms with van der Waals surface area (Å²) in [4.78, 5) is 2.06. The number of hydrogen-bond acceptors (Lipinski definition) is 2. The summed E-state index contributed by atoms with van der Waals surface area (Å²) in [6.45, 7) is 3.29. The first-order valence-electron chi connectivity index (χ1n) is 6.59. The molecule has 1 N–H and O–H groups in total. The highest BCUT2D eigenvalue weighted by Crippen LogP contribution is 2.36. The van der Waals surface area contributed by atoms with E-state index in [0.29, 0.717) is 4.47 Å². The zero-order chi connectivity index (χ0) is 14.9. The molecule has 2 nitrogen and oxygen atoms in total. The molecule has 112 valence electrons. The van der Waals surface area contributed by atoms with E-state index >= 15 is 0 Å². The van der Waals surface area contributed by atoms with E-state index in [9.17, 15) is 18.3 Å². The fraction of sp³-hybridized carbons (Fsp3) is 0.571. The first-order chi connectivity index (χ1) is 9.29. The number of benzene rings is 1. The summed E-state index contributed by atoms with van der Waals surface area (Å²) in [5.74, 6) is 0.277. The largest absolute Gasteiger partial charge is 0.416 e. The molecule has 0 bridgehead atoms. The molecular formula is C14H17BrF3NO. The molecule has 1 aromatic carbocycles. The van der Waals surface area contributed by atoms with Crippen LogP contribution in [0.4, 0.5) is 18.9 Å². The quantitative estimate of drug-likeness (QED) is 0.868. The van der Waals surface area contributed by atoms with Gasteiger partial charge in [0.2, 0.25) is 0 Å². The summed E-state index contributed by atoms with van der Waals surface area (Å²) >= 11 is 3.23. The average molecular weight is 352 g/mol. The van der Waals surface area contributed by atoms with Crippen molar-refractivity contribution in [3.05, 3.63) is 28.2 Å². The van der Waals surface area contributed by atoms with E-state index in [1.807, 2.05) is 0 Å². The van der Waals surface area contributed by atoms with Gasteiger partial charge < -0.3 is 10.0 Å². The van der Waals surface area contributed by atoms with Crippen LogP contribution >= 0.6 is 15.9 Å². The van der Waals surface area contributed by atoms with Crippen molar-refractivity contribution < 1.29 is 18.3 Å². The van der Waals surface area contributed by atoms with Crippen LogP contribution < -0.4 is 4.90 Å². The Morgan fingerprint density at radius 2 is 1.90 bits per heavy atom. The molecule has 1 atom stereocenters. The third-order valence-corrected chi connectivity index (χ3v) is 4.47. The summed E-state index contributed by atoms with van der Waals surface area (Å²) < 4.78 is 38.3. The number of anilines is 1. The first kappa shape index (κ1) is 15.6. The maximum Gasteiger partial charge on any atom is 0.416 e. The molecule has 0 spiro atoms. The average Bonchev–Trinajstić information content (AvgIpc) is 2.37. The lowest BCUT2D eigenvalue weighted by molar-refractivity contribution is -0.137. The van der Waals surface area contributed by atoms with Gasteiger partial charge in [-0.25, -0.2) is 0 Å². The smallest absolute Gasteiger partial charge is 0.393 e. The monoisotopic (exact) mass is 351 g/mol. The number of nitrogens with zero attached hydrogens (tertiary/aromatic N) is 1. The van der Waals surface area contributed by atoms with Crippen LogP contribution in [-0.2, 0) is 6.18 Å². The van der Waals surface area contributed by atoms with E-state index in [4.69, 9.17) is 0 Å². The highest BCUT2D eigenvalue weighted by atomic mass is 79.9. The van der Waals surface area contributed by atoms with Gasteiger partial charge in [-0.15, -0.1) is 0 Å². The van der Waals surface area contributed by atoms with E-state index in [1.54, 1.807) is 6.92 Å². The summed E-state index contributed by atoms with van der Waals surface area (Å²) in [5, 5.41) is 9.56. The number of halogens is 4. The zero-order valence-corrected chi connectivity index (χ0v) is 12.7. The molecule has 1 saturated heterocycles. The minimum atomic E-state index is -4.32. The molecule has 1 aromatic rings. The molecule has 0 aliphatic carbocycles. The van der Waals surface area contributed by atoms with Crippen LogP contribution in [0.2, 0.25) is 0 Å². The number of aliphatic hydroxyl groups is 1. The molecule has 1 fully saturated rings. The molecule has 0 aromatic heterocycles.